The summed E-state index contributed by atoms with van der Waals surface area (Å²) in [5.41, 5.74) is 2.11. The topological polar surface area (TPSA) is 86.8 Å². The fourth-order valence-electron chi connectivity index (χ4n) is 3.74. The van der Waals surface area contributed by atoms with E-state index in [1.54, 1.807) is 31.2 Å². The quantitative estimate of drug-likeness (QED) is 0.400. The summed E-state index contributed by atoms with van der Waals surface area (Å²) in [5.74, 6) is -0.824. The van der Waals surface area contributed by atoms with Crippen molar-refractivity contribution in [1.82, 2.24) is 10.2 Å². The number of sulfonamides is 1. The van der Waals surface area contributed by atoms with E-state index in [1.807, 2.05) is 51.1 Å². The van der Waals surface area contributed by atoms with Crippen molar-refractivity contribution < 1.29 is 18.0 Å². The van der Waals surface area contributed by atoms with Crippen molar-refractivity contribution in [2.24, 2.45) is 0 Å². The third-order valence-corrected chi connectivity index (χ3v) is 7.84. The first-order valence-corrected chi connectivity index (χ1v) is 13.8. The molecule has 0 heterocycles. The molecule has 3 aromatic rings. The molecule has 0 aliphatic heterocycles. The number of nitrogens with one attached hydrogen (secondary N) is 1. The molecule has 0 spiro atoms. The summed E-state index contributed by atoms with van der Waals surface area (Å²) in [5, 5.41) is 3.24. The lowest BCUT2D eigenvalue weighted by Gasteiger charge is -2.32. The standard InChI is InChI=1S/C28H32ClN3O4S/c1-20(2)30-28(34)22(4)31(18-23-8-6-5-7-9-23)27(33)19-32(25-14-10-21(3)11-15-25)37(35,36)26-16-12-24(29)13-17-26/h5-17,20,22H,18-19H2,1-4H3,(H,30,34). The van der Waals surface area contributed by atoms with E-state index in [2.05, 4.69) is 5.32 Å². The van der Waals surface area contributed by atoms with Gasteiger partial charge < -0.3 is 10.2 Å². The van der Waals surface area contributed by atoms with Gasteiger partial charge in [0.15, 0.2) is 0 Å². The lowest BCUT2D eigenvalue weighted by Crippen LogP contribution is -2.52. The Balaban J connectivity index is 2.01. The minimum absolute atomic E-state index is 0.00508. The van der Waals surface area contributed by atoms with Crippen LogP contribution in [0.2, 0.25) is 5.02 Å². The average molecular weight is 542 g/mol. The maximum absolute atomic E-state index is 13.8. The molecule has 0 saturated heterocycles. The van der Waals surface area contributed by atoms with E-state index in [1.165, 1.54) is 29.2 Å². The molecule has 2 amide bonds. The number of amides is 2. The van der Waals surface area contributed by atoms with Gasteiger partial charge in [-0.05, 0) is 69.7 Å². The summed E-state index contributed by atoms with van der Waals surface area (Å²) in [6, 6.07) is 21.0. The number of benzene rings is 3. The molecule has 1 N–H and O–H groups in total. The van der Waals surface area contributed by atoms with Gasteiger partial charge in [0.1, 0.15) is 12.6 Å². The Kier molecular flexibility index (Phi) is 9.34. The highest BCUT2D eigenvalue weighted by Gasteiger charge is 2.32. The number of hydrogen-bond donors (Lipinski definition) is 1. The molecular weight excluding hydrogens is 510 g/mol. The van der Waals surface area contributed by atoms with Crippen molar-refractivity contribution in [3.63, 3.8) is 0 Å². The van der Waals surface area contributed by atoms with E-state index in [0.29, 0.717) is 10.7 Å². The van der Waals surface area contributed by atoms with Gasteiger partial charge in [-0.25, -0.2) is 8.42 Å². The highest BCUT2D eigenvalue weighted by molar-refractivity contribution is 7.92. The van der Waals surface area contributed by atoms with E-state index in [9.17, 15) is 18.0 Å². The summed E-state index contributed by atoms with van der Waals surface area (Å²) >= 11 is 5.97. The maximum Gasteiger partial charge on any atom is 0.264 e. The number of hydrogen-bond acceptors (Lipinski definition) is 4. The van der Waals surface area contributed by atoms with Crippen molar-refractivity contribution in [2.45, 2.75) is 51.2 Å². The second-order valence-electron chi connectivity index (χ2n) is 9.15. The Bertz CT molecular complexity index is 1310. The Morgan fingerprint density at radius 2 is 1.49 bits per heavy atom. The molecule has 3 rings (SSSR count). The van der Waals surface area contributed by atoms with Crippen LogP contribution in [-0.4, -0.2) is 43.8 Å². The van der Waals surface area contributed by atoms with Crippen LogP contribution in [0.5, 0.6) is 0 Å². The molecule has 0 aromatic heterocycles. The molecule has 9 heteroatoms. The number of anilines is 1. The van der Waals surface area contributed by atoms with E-state index in [-0.39, 0.29) is 23.4 Å². The molecule has 37 heavy (non-hydrogen) atoms. The largest absolute Gasteiger partial charge is 0.352 e. The van der Waals surface area contributed by atoms with Crippen LogP contribution in [0.25, 0.3) is 0 Å². The Morgan fingerprint density at radius 1 is 0.892 bits per heavy atom. The molecule has 0 fully saturated rings. The van der Waals surface area contributed by atoms with E-state index < -0.39 is 28.5 Å². The predicted octanol–water partition coefficient (Wildman–Crippen LogP) is 4.79. The summed E-state index contributed by atoms with van der Waals surface area (Å²) in [4.78, 5) is 28.1. The van der Waals surface area contributed by atoms with Gasteiger partial charge in [0, 0.05) is 17.6 Å². The van der Waals surface area contributed by atoms with Gasteiger partial charge in [-0.2, -0.15) is 0 Å². The van der Waals surface area contributed by atoms with Crippen molar-refractivity contribution in [3.8, 4) is 0 Å². The second-order valence-corrected chi connectivity index (χ2v) is 11.4. The molecule has 0 bridgehead atoms. The van der Waals surface area contributed by atoms with E-state index in [0.717, 1.165) is 15.4 Å². The van der Waals surface area contributed by atoms with Crippen molar-refractivity contribution in [2.75, 3.05) is 10.8 Å². The third-order valence-electron chi connectivity index (χ3n) is 5.80. The minimum Gasteiger partial charge on any atom is -0.352 e. The van der Waals surface area contributed by atoms with Crippen LogP contribution in [0.3, 0.4) is 0 Å². The molecule has 1 atom stereocenters. The lowest BCUT2D eigenvalue weighted by molar-refractivity contribution is -0.139. The highest BCUT2D eigenvalue weighted by atomic mass is 35.5. The zero-order valence-corrected chi connectivity index (χ0v) is 23.0. The summed E-state index contributed by atoms with van der Waals surface area (Å²) in [6.45, 7) is 6.87. The van der Waals surface area contributed by atoms with Crippen LogP contribution in [0.1, 0.15) is 31.9 Å². The first-order valence-electron chi connectivity index (χ1n) is 12.0. The van der Waals surface area contributed by atoms with Gasteiger partial charge in [-0.15, -0.1) is 0 Å². The molecule has 196 valence electrons. The molecule has 7 nitrogen and oxygen atoms in total. The number of halogens is 1. The zero-order chi connectivity index (χ0) is 27.2. The van der Waals surface area contributed by atoms with Gasteiger partial charge in [0.25, 0.3) is 10.0 Å². The minimum atomic E-state index is -4.12. The summed E-state index contributed by atoms with van der Waals surface area (Å²) < 4.78 is 28.5. The fourth-order valence-corrected chi connectivity index (χ4v) is 5.28. The smallest absolute Gasteiger partial charge is 0.264 e. The Labute approximate surface area is 224 Å². The number of aryl methyl sites for hydroxylation is 1. The number of carbonyl (C=O) groups is 2. The molecule has 0 radical (unpaired) electrons. The van der Waals surface area contributed by atoms with Gasteiger partial charge in [-0.1, -0.05) is 59.6 Å². The fraction of sp³-hybridized carbons (Fsp3) is 0.286. The molecule has 0 saturated carbocycles. The maximum atomic E-state index is 13.8. The molecule has 3 aromatic carbocycles. The van der Waals surface area contributed by atoms with Crippen molar-refractivity contribution >= 4 is 39.1 Å². The number of rotatable bonds is 10. The Hall–Kier alpha value is -3.36. The molecular formula is C28H32ClN3O4S. The monoisotopic (exact) mass is 541 g/mol. The normalized spacial score (nSPS) is 12.2. The van der Waals surface area contributed by atoms with Crippen LogP contribution < -0.4 is 9.62 Å². The van der Waals surface area contributed by atoms with Gasteiger partial charge >= 0.3 is 0 Å². The molecule has 0 aliphatic rings. The first kappa shape index (κ1) is 28.2. The van der Waals surface area contributed by atoms with Gasteiger partial charge in [-0.3, -0.25) is 13.9 Å². The first-order chi connectivity index (χ1) is 17.5. The van der Waals surface area contributed by atoms with Crippen LogP contribution in [0.15, 0.2) is 83.8 Å². The zero-order valence-electron chi connectivity index (χ0n) is 21.4. The SMILES string of the molecule is Cc1ccc(N(CC(=O)N(Cc2ccccc2)C(C)C(=O)NC(C)C)S(=O)(=O)c2ccc(Cl)cc2)cc1. The van der Waals surface area contributed by atoms with Crippen LogP contribution >= 0.6 is 11.6 Å². The predicted molar refractivity (Wildman–Crippen MR) is 147 cm³/mol. The van der Waals surface area contributed by atoms with Crippen molar-refractivity contribution in [1.29, 1.82) is 0 Å². The average Bonchev–Trinajstić information content (AvgIpc) is 2.86. The van der Waals surface area contributed by atoms with Gasteiger partial charge in [0.2, 0.25) is 11.8 Å². The van der Waals surface area contributed by atoms with Crippen LogP contribution in [0, 0.1) is 6.92 Å². The third kappa shape index (κ3) is 7.33. The van der Waals surface area contributed by atoms with Gasteiger partial charge in [0.05, 0.1) is 10.6 Å². The van der Waals surface area contributed by atoms with E-state index >= 15 is 0 Å². The summed E-state index contributed by atoms with van der Waals surface area (Å²) in [7, 11) is -4.12. The summed E-state index contributed by atoms with van der Waals surface area (Å²) in [6.07, 6.45) is 0. The Morgan fingerprint density at radius 3 is 2.05 bits per heavy atom. The number of carbonyl (C=O) groups excluding carboxylic acids is 2. The molecule has 0 aliphatic carbocycles. The second kappa shape index (κ2) is 12.3. The highest BCUT2D eigenvalue weighted by Crippen LogP contribution is 2.26. The van der Waals surface area contributed by atoms with E-state index in [4.69, 9.17) is 11.6 Å². The molecule has 1 unspecified atom stereocenters. The number of nitrogens with zero attached hydrogens (tertiary/aromatic N) is 2. The van der Waals surface area contributed by atoms with Crippen LogP contribution in [0.4, 0.5) is 5.69 Å². The lowest BCUT2D eigenvalue weighted by atomic mass is 10.1. The van der Waals surface area contributed by atoms with Crippen molar-refractivity contribution in [3.05, 3.63) is 95.0 Å². The van der Waals surface area contributed by atoms with Crippen LogP contribution in [-0.2, 0) is 26.2 Å².